The molecule has 2 saturated carbocycles. The number of benzene rings is 1. The van der Waals surface area contributed by atoms with Gasteiger partial charge in [-0.05, 0) is 50.7 Å². The minimum absolute atomic E-state index is 0.138. The molecule has 0 bridgehead atoms. The number of nitro groups is 1. The van der Waals surface area contributed by atoms with E-state index < -0.39 is 0 Å². The van der Waals surface area contributed by atoms with Crippen molar-refractivity contribution in [1.29, 1.82) is 0 Å². The summed E-state index contributed by atoms with van der Waals surface area (Å²) in [5, 5.41) is 12.1. The summed E-state index contributed by atoms with van der Waals surface area (Å²) in [6.07, 6.45) is 9.11. The maximum absolute atomic E-state index is 10.9. The number of non-ortho nitro benzene ring substituents is 1. The first-order valence-electron chi connectivity index (χ1n) is 8.85. The highest BCUT2D eigenvalue weighted by atomic mass is 32.2. The third-order valence-corrected chi connectivity index (χ3v) is 7.00. The Morgan fingerprint density at radius 1 is 1.29 bits per heavy atom. The zero-order valence-electron chi connectivity index (χ0n) is 14.0. The lowest BCUT2D eigenvalue weighted by atomic mass is 9.86. The number of nitrogens with zero attached hydrogens (tertiary/aromatic N) is 3. The number of nitro benzene ring substituents is 1. The summed E-state index contributed by atoms with van der Waals surface area (Å²) >= 11 is 1.88. The molecule has 24 heavy (non-hydrogen) atoms. The molecule has 5 nitrogen and oxygen atoms in total. The number of aryl methyl sites for hydroxylation is 1. The molecule has 0 aromatic heterocycles. The van der Waals surface area contributed by atoms with E-state index in [1.807, 2.05) is 18.7 Å². The third-order valence-electron chi connectivity index (χ3n) is 5.77. The van der Waals surface area contributed by atoms with Crippen LogP contribution in [0.5, 0.6) is 0 Å². The molecular weight excluding hydrogens is 322 g/mol. The average molecular weight is 345 g/mol. The lowest BCUT2D eigenvalue weighted by Gasteiger charge is -2.45. The van der Waals surface area contributed by atoms with Crippen molar-refractivity contribution in [3.05, 3.63) is 33.9 Å². The minimum Gasteiger partial charge on any atom is -0.342 e. The van der Waals surface area contributed by atoms with E-state index in [0.717, 1.165) is 22.2 Å². The molecule has 0 N–H and O–H groups in total. The first-order chi connectivity index (χ1) is 11.6. The Bertz CT molecular complexity index is 694. The molecule has 1 aromatic carbocycles. The summed E-state index contributed by atoms with van der Waals surface area (Å²) in [6.45, 7) is 1.91. The Labute approximate surface area is 146 Å². The Kier molecular flexibility index (Phi) is 4.03. The van der Waals surface area contributed by atoms with Gasteiger partial charge in [-0.25, -0.2) is 4.99 Å². The van der Waals surface area contributed by atoms with E-state index in [0.29, 0.717) is 11.6 Å². The molecular formula is C18H23N3O2S. The van der Waals surface area contributed by atoms with Crippen LogP contribution in [-0.2, 0) is 0 Å². The molecule has 6 heteroatoms. The maximum atomic E-state index is 10.9. The van der Waals surface area contributed by atoms with Gasteiger partial charge in [-0.2, -0.15) is 0 Å². The zero-order valence-corrected chi connectivity index (χ0v) is 14.8. The van der Waals surface area contributed by atoms with Crippen LogP contribution in [0.4, 0.5) is 11.4 Å². The van der Waals surface area contributed by atoms with E-state index in [1.54, 1.807) is 18.2 Å². The number of hydrogen-bond acceptors (Lipinski definition) is 4. The molecule has 1 heterocycles. The van der Waals surface area contributed by atoms with Gasteiger partial charge in [0.2, 0.25) is 0 Å². The smallest absolute Gasteiger partial charge is 0.269 e. The Morgan fingerprint density at radius 2 is 2.04 bits per heavy atom. The normalized spacial score (nSPS) is 24.7. The van der Waals surface area contributed by atoms with Crippen molar-refractivity contribution < 1.29 is 4.92 Å². The number of thioether (sulfide) groups is 1. The van der Waals surface area contributed by atoms with E-state index in [4.69, 9.17) is 4.99 Å². The van der Waals surface area contributed by atoms with Crippen molar-refractivity contribution >= 4 is 28.3 Å². The van der Waals surface area contributed by atoms with Crippen LogP contribution in [0.25, 0.3) is 0 Å². The third kappa shape index (κ3) is 2.61. The van der Waals surface area contributed by atoms with Crippen LogP contribution >= 0.6 is 11.8 Å². The number of rotatable bonds is 3. The highest BCUT2D eigenvalue weighted by Crippen LogP contribution is 2.49. The second kappa shape index (κ2) is 6.06. The Morgan fingerprint density at radius 3 is 2.62 bits per heavy atom. The number of amidine groups is 1. The molecule has 3 fully saturated rings. The fourth-order valence-electron chi connectivity index (χ4n) is 4.22. The monoisotopic (exact) mass is 345 g/mol. The van der Waals surface area contributed by atoms with Gasteiger partial charge in [-0.1, -0.05) is 24.6 Å². The van der Waals surface area contributed by atoms with E-state index in [-0.39, 0.29) is 10.6 Å². The molecule has 0 unspecified atom stereocenters. The topological polar surface area (TPSA) is 58.7 Å². The highest BCUT2D eigenvalue weighted by molar-refractivity contribution is 8.14. The van der Waals surface area contributed by atoms with Crippen LogP contribution in [0, 0.1) is 17.0 Å². The zero-order chi connectivity index (χ0) is 16.7. The first-order valence-corrected chi connectivity index (χ1v) is 9.83. The maximum Gasteiger partial charge on any atom is 0.269 e. The lowest BCUT2D eigenvalue weighted by Crippen LogP contribution is -2.53. The van der Waals surface area contributed by atoms with Crippen LogP contribution in [0.2, 0.25) is 0 Å². The summed E-state index contributed by atoms with van der Waals surface area (Å²) in [5.41, 5.74) is 2.20. The predicted octanol–water partition coefficient (Wildman–Crippen LogP) is 4.80. The predicted molar refractivity (Wildman–Crippen MR) is 98.1 cm³/mol. The summed E-state index contributed by atoms with van der Waals surface area (Å²) < 4.78 is 0. The molecule has 3 aliphatic rings. The van der Waals surface area contributed by atoms with Gasteiger partial charge < -0.3 is 4.90 Å². The van der Waals surface area contributed by atoms with Gasteiger partial charge in [0.25, 0.3) is 5.69 Å². The van der Waals surface area contributed by atoms with Gasteiger partial charge >= 0.3 is 0 Å². The fourth-order valence-corrected chi connectivity index (χ4v) is 5.69. The second-order valence-corrected chi connectivity index (χ2v) is 8.24. The molecule has 0 atom stereocenters. The number of aliphatic imine (C=N–C) groups is 1. The molecule has 1 spiro atoms. The van der Waals surface area contributed by atoms with Crippen LogP contribution in [0.1, 0.15) is 50.5 Å². The van der Waals surface area contributed by atoms with Gasteiger partial charge in [0.15, 0.2) is 5.17 Å². The molecule has 0 radical (unpaired) electrons. The molecule has 0 amide bonds. The summed E-state index contributed by atoms with van der Waals surface area (Å²) in [5.74, 6) is 1.15. The van der Waals surface area contributed by atoms with Crippen molar-refractivity contribution in [3.63, 3.8) is 0 Å². The van der Waals surface area contributed by atoms with E-state index in [9.17, 15) is 10.1 Å². The second-order valence-electron chi connectivity index (χ2n) is 7.30. The van der Waals surface area contributed by atoms with Crippen molar-refractivity contribution in [2.24, 2.45) is 4.99 Å². The largest absolute Gasteiger partial charge is 0.342 e. The van der Waals surface area contributed by atoms with E-state index in [2.05, 4.69) is 4.90 Å². The summed E-state index contributed by atoms with van der Waals surface area (Å²) in [6, 6.07) is 5.62. The van der Waals surface area contributed by atoms with Gasteiger partial charge in [0, 0.05) is 23.9 Å². The standard InChI is InChI=1S/C18H23N3O2S/c1-13-11-15(21(22)23)7-8-16(13)19-17-20(14-5-4-6-14)18(12-24-17)9-2-3-10-18/h7-8,11,14H,2-6,9-10,12H2,1H3/b19-17+. The molecule has 1 aliphatic heterocycles. The van der Waals surface area contributed by atoms with Crippen LogP contribution in [0.3, 0.4) is 0 Å². The van der Waals surface area contributed by atoms with Crippen molar-refractivity contribution in [1.82, 2.24) is 4.90 Å². The summed E-state index contributed by atoms with van der Waals surface area (Å²) in [7, 11) is 0. The number of hydrogen-bond donors (Lipinski definition) is 0. The van der Waals surface area contributed by atoms with E-state index >= 15 is 0 Å². The van der Waals surface area contributed by atoms with Gasteiger partial charge in [-0.3, -0.25) is 10.1 Å². The molecule has 1 saturated heterocycles. The summed E-state index contributed by atoms with van der Waals surface area (Å²) in [4.78, 5) is 18.2. The molecule has 128 valence electrons. The quantitative estimate of drug-likeness (QED) is 0.583. The lowest BCUT2D eigenvalue weighted by molar-refractivity contribution is -0.384. The van der Waals surface area contributed by atoms with Crippen LogP contribution < -0.4 is 0 Å². The van der Waals surface area contributed by atoms with Gasteiger partial charge in [-0.15, -0.1) is 0 Å². The first kappa shape index (κ1) is 15.9. The van der Waals surface area contributed by atoms with Crippen LogP contribution in [-0.4, -0.2) is 32.3 Å². The van der Waals surface area contributed by atoms with Crippen LogP contribution in [0.15, 0.2) is 23.2 Å². The average Bonchev–Trinajstić information content (AvgIpc) is 3.10. The molecule has 1 aromatic rings. The van der Waals surface area contributed by atoms with Gasteiger partial charge in [0.1, 0.15) is 0 Å². The van der Waals surface area contributed by atoms with Crippen molar-refractivity contribution in [2.45, 2.75) is 63.5 Å². The fraction of sp³-hybridized carbons (Fsp3) is 0.611. The highest BCUT2D eigenvalue weighted by Gasteiger charge is 2.50. The minimum atomic E-state index is -0.345. The van der Waals surface area contributed by atoms with Crippen molar-refractivity contribution in [2.75, 3.05) is 5.75 Å². The Balaban J connectivity index is 1.67. The van der Waals surface area contributed by atoms with Crippen molar-refractivity contribution in [3.8, 4) is 0 Å². The molecule has 4 rings (SSSR count). The Hall–Kier alpha value is -1.56. The SMILES string of the molecule is Cc1cc([N+](=O)[O-])ccc1/N=C1/SCC2(CCCC2)N1C1CCC1. The van der Waals surface area contributed by atoms with Gasteiger partial charge in [0.05, 0.1) is 16.1 Å². The molecule has 2 aliphatic carbocycles. The van der Waals surface area contributed by atoms with E-state index in [1.165, 1.54) is 44.9 Å².